The highest BCUT2D eigenvalue weighted by molar-refractivity contribution is 7.99. The SMILES string of the molecule is CCCCS[C@@H](C)CC(=O)N1CCOC1=O. The summed E-state index contributed by atoms with van der Waals surface area (Å²) in [6.45, 7) is 4.92. The Balaban J connectivity index is 2.25. The molecule has 0 aromatic rings. The van der Waals surface area contributed by atoms with Gasteiger partial charge in [-0.25, -0.2) is 9.69 Å². The number of ether oxygens (including phenoxy) is 1. The highest BCUT2D eigenvalue weighted by atomic mass is 32.2. The van der Waals surface area contributed by atoms with Gasteiger partial charge >= 0.3 is 6.09 Å². The molecule has 1 fully saturated rings. The van der Waals surface area contributed by atoms with E-state index in [2.05, 4.69) is 6.92 Å². The Morgan fingerprint density at radius 3 is 2.94 bits per heavy atom. The van der Waals surface area contributed by atoms with Gasteiger partial charge in [-0.3, -0.25) is 4.79 Å². The van der Waals surface area contributed by atoms with Crippen molar-refractivity contribution in [3.63, 3.8) is 0 Å². The van der Waals surface area contributed by atoms with Gasteiger partial charge in [0.2, 0.25) is 5.91 Å². The smallest absolute Gasteiger partial charge is 0.416 e. The van der Waals surface area contributed by atoms with Crippen LogP contribution in [0.5, 0.6) is 0 Å². The third kappa shape index (κ3) is 4.04. The van der Waals surface area contributed by atoms with Crippen LogP contribution in [0.3, 0.4) is 0 Å². The van der Waals surface area contributed by atoms with Crippen LogP contribution in [0.15, 0.2) is 0 Å². The minimum absolute atomic E-state index is 0.112. The van der Waals surface area contributed by atoms with E-state index in [0.29, 0.717) is 19.6 Å². The van der Waals surface area contributed by atoms with Gasteiger partial charge in [-0.1, -0.05) is 20.3 Å². The van der Waals surface area contributed by atoms with Crippen LogP contribution in [-0.4, -0.2) is 41.1 Å². The lowest BCUT2D eigenvalue weighted by molar-refractivity contribution is -0.127. The number of carbonyl (C=O) groups is 2. The van der Waals surface area contributed by atoms with E-state index in [1.165, 1.54) is 17.7 Å². The fraction of sp³-hybridized carbons (Fsp3) is 0.818. The molecule has 1 aliphatic rings. The van der Waals surface area contributed by atoms with Crippen LogP contribution in [-0.2, 0) is 9.53 Å². The molecule has 4 nitrogen and oxygen atoms in total. The zero-order valence-corrected chi connectivity index (χ0v) is 10.7. The molecule has 5 heteroatoms. The monoisotopic (exact) mass is 245 g/mol. The molecule has 1 heterocycles. The molecule has 0 N–H and O–H groups in total. The summed E-state index contributed by atoms with van der Waals surface area (Å²) in [6.07, 6.45) is 2.28. The molecule has 1 atom stereocenters. The minimum Gasteiger partial charge on any atom is -0.447 e. The molecule has 1 saturated heterocycles. The molecule has 16 heavy (non-hydrogen) atoms. The van der Waals surface area contributed by atoms with E-state index >= 15 is 0 Å². The van der Waals surface area contributed by atoms with E-state index in [4.69, 9.17) is 4.74 Å². The van der Waals surface area contributed by atoms with Crippen LogP contribution in [0.4, 0.5) is 4.79 Å². The third-order valence-electron chi connectivity index (χ3n) is 2.42. The molecular weight excluding hydrogens is 226 g/mol. The summed E-state index contributed by atoms with van der Waals surface area (Å²) >= 11 is 1.79. The molecule has 0 aliphatic carbocycles. The lowest BCUT2D eigenvalue weighted by Crippen LogP contribution is -2.33. The van der Waals surface area contributed by atoms with Crippen molar-refractivity contribution >= 4 is 23.8 Å². The predicted molar refractivity (Wildman–Crippen MR) is 64.5 cm³/mol. The second kappa shape index (κ2) is 6.78. The number of imide groups is 1. The third-order valence-corrected chi connectivity index (χ3v) is 3.68. The first-order valence-electron chi connectivity index (χ1n) is 5.74. The molecule has 1 rings (SSSR count). The molecule has 0 radical (unpaired) electrons. The van der Waals surface area contributed by atoms with Crippen LogP contribution in [0.1, 0.15) is 33.1 Å². The number of carbonyl (C=O) groups excluding carboxylic acids is 2. The van der Waals surface area contributed by atoms with Crippen molar-refractivity contribution in [3.05, 3.63) is 0 Å². The maximum absolute atomic E-state index is 11.7. The Kier molecular flexibility index (Phi) is 5.66. The first-order chi connectivity index (χ1) is 7.65. The maximum Gasteiger partial charge on any atom is 0.416 e. The minimum atomic E-state index is -0.490. The quantitative estimate of drug-likeness (QED) is 0.673. The number of amides is 2. The summed E-state index contributed by atoms with van der Waals surface area (Å²) < 4.78 is 4.73. The number of nitrogens with zero attached hydrogens (tertiary/aromatic N) is 1. The molecule has 0 bridgehead atoms. The van der Waals surface area contributed by atoms with Gasteiger partial charge in [0, 0.05) is 11.7 Å². The van der Waals surface area contributed by atoms with E-state index in [-0.39, 0.29) is 11.2 Å². The summed E-state index contributed by atoms with van der Waals surface area (Å²) in [5.41, 5.74) is 0. The van der Waals surface area contributed by atoms with E-state index in [1.54, 1.807) is 11.8 Å². The zero-order valence-electron chi connectivity index (χ0n) is 9.90. The van der Waals surface area contributed by atoms with Gasteiger partial charge in [-0.2, -0.15) is 11.8 Å². The van der Waals surface area contributed by atoms with E-state index in [9.17, 15) is 9.59 Å². The second-order valence-corrected chi connectivity index (χ2v) is 5.45. The van der Waals surface area contributed by atoms with Gasteiger partial charge in [0.1, 0.15) is 6.61 Å². The fourth-order valence-corrected chi connectivity index (χ4v) is 2.58. The van der Waals surface area contributed by atoms with Crippen LogP contribution >= 0.6 is 11.8 Å². The van der Waals surface area contributed by atoms with Gasteiger partial charge in [0.05, 0.1) is 6.54 Å². The highest BCUT2D eigenvalue weighted by Gasteiger charge is 2.28. The lowest BCUT2D eigenvalue weighted by Gasteiger charge is -2.14. The Morgan fingerprint density at radius 1 is 1.62 bits per heavy atom. The number of hydrogen-bond donors (Lipinski definition) is 0. The molecule has 2 amide bonds. The Hall–Kier alpha value is -0.710. The number of rotatable bonds is 6. The molecular formula is C11H19NO3S. The summed E-state index contributed by atoms with van der Waals surface area (Å²) in [5.74, 6) is 0.967. The standard InChI is InChI=1S/C11H19NO3S/c1-3-4-7-16-9(2)8-10(13)12-5-6-15-11(12)14/h9H,3-8H2,1-2H3/t9-/m0/s1. The second-order valence-electron chi connectivity index (χ2n) is 3.90. The Labute approximate surface area is 101 Å². The molecule has 0 spiro atoms. The fourth-order valence-electron chi connectivity index (χ4n) is 1.46. The predicted octanol–water partition coefficient (Wildman–Crippen LogP) is 2.28. The van der Waals surface area contributed by atoms with Gasteiger partial charge in [0.15, 0.2) is 0 Å². The van der Waals surface area contributed by atoms with Gasteiger partial charge < -0.3 is 4.74 Å². The molecule has 1 aliphatic heterocycles. The van der Waals surface area contributed by atoms with Crippen molar-refractivity contribution in [1.82, 2.24) is 4.90 Å². The van der Waals surface area contributed by atoms with Crippen molar-refractivity contribution in [3.8, 4) is 0 Å². The number of cyclic esters (lactones) is 1. The summed E-state index contributed by atoms with van der Waals surface area (Å²) in [6, 6.07) is 0. The van der Waals surface area contributed by atoms with Gasteiger partial charge in [-0.15, -0.1) is 0 Å². The van der Waals surface area contributed by atoms with Crippen molar-refractivity contribution in [1.29, 1.82) is 0 Å². The lowest BCUT2D eigenvalue weighted by atomic mass is 10.3. The van der Waals surface area contributed by atoms with Crippen molar-refractivity contribution in [2.45, 2.75) is 38.4 Å². The topological polar surface area (TPSA) is 46.6 Å². The summed E-state index contributed by atoms with van der Waals surface area (Å²) in [4.78, 5) is 24.0. The van der Waals surface area contributed by atoms with E-state index < -0.39 is 6.09 Å². The normalized spacial score (nSPS) is 17.4. The highest BCUT2D eigenvalue weighted by Crippen LogP contribution is 2.18. The van der Waals surface area contributed by atoms with Crippen molar-refractivity contribution in [2.75, 3.05) is 18.9 Å². The molecule has 0 aromatic heterocycles. The molecule has 92 valence electrons. The number of hydrogen-bond acceptors (Lipinski definition) is 4. The van der Waals surface area contributed by atoms with Crippen LogP contribution in [0.25, 0.3) is 0 Å². The first kappa shape index (κ1) is 13.4. The number of thioether (sulfide) groups is 1. The van der Waals surface area contributed by atoms with Crippen molar-refractivity contribution < 1.29 is 14.3 Å². The first-order valence-corrected chi connectivity index (χ1v) is 6.78. The molecule has 0 aromatic carbocycles. The van der Waals surface area contributed by atoms with E-state index in [1.807, 2.05) is 6.92 Å². The molecule has 0 unspecified atom stereocenters. The Bertz CT molecular complexity index is 258. The Morgan fingerprint density at radius 2 is 2.38 bits per heavy atom. The maximum atomic E-state index is 11.7. The van der Waals surface area contributed by atoms with Gasteiger partial charge in [-0.05, 0) is 12.2 Å². The average molecular weight is 245 g/mol. The van der Waals surface area contributed by atoms with Crippen molar-refractivity contribution in [2.24, 2.45) is 0 Å². The largest absolute Gasteiger partial charge is 0.447 e. The van der Waals surface area contributed by atoms with Crippen LogP contribution in [0, 0.1) is 0 Å². The number of unbranched alkanes of at least 4 members (excludes halogenated alkanes) is 1. The average Bonchev–Trinajstić information content (AvgIpc) is 2.65. The summed E-state index contributed by atoms with van der Waals surface area (Å²) in [7, 11) is 0. The van der Waals surface area contributed by atoms with Crippen LogP contribution < -0.4 is 0 Å². The van der Waals surface area contributed by atoms with Gasteiger partial charge in [0.25, 0.3) is 0 Å². The molecule has 0 saturated carbocycles. The van der Waals surface area contributed by atoms with Crippen LogP contribution in [0.2, 0.25) is 0 Å². The summed E-state index contributed by atoms with van der Waals surface area (Å²) in [5, 5.41) is 0.271. The van der Waals surface area contributed by atoms with E-state index in [0.717, 1.165) is 5.75 Å². The zero-order chi connectivity index (χ0) is 12.0.